The van der Waals surface area contributed by atoms with Gasteiger partial charge in [-0.2, -0.15) is 0 Å². The molecule has 0 bridgehead atoms. The number of hydrogen-bond donors (Lipinski definition) is 1. The highest BCUT2D eigenvalue weighted by Crippen LogP contribution is 2.28. The smallest absolute Gasteiger partial charge is 0.133 e. The standard InChI is InChI=1S/C14H22N4S/c1-19-14-8-13(16-10-17-14)18-6-4-12(5-7-18)15-9-11-2-3-11/h8,10-12,15H,2-7,9H2,1H3. The maximum atomic E-state index is 4.40. The zero-order chi connectivity index (χ0) is 13.1. The molecule has 1 aliphatic heterocycles. The molecule has 1 aliphatic carbocycles. The predicted octanol–water partition coefficient (Wildman–Crippen LogP) is 2.17. The van der Waals surface area contributed by atoms with E-state index in [-0.39, 0.29) is 0 Å². The summed E-state index contributed by atoms with van der Waals surface area (Å²) in [5.74, 6) is 2.06. The SMILES string of the molecule is CSc1cc(N2CCC(NCC3CC3)CC2)ncn1. The summed E-state index contributed by atoms with van der Waals surface area (Å²) in [4.78, 5) is 11.0. The summed E-state index contributed by atoms with van der Waals surface area (Å²) in [6.45, 7) is 3.44. The van der Waals surface area contributed by atoms with Gasteiger partial charge in [0.25, 0.3) is 0 Å². The van der Waals surface area contributed by atoms with E-state index in [1.165, 1.54) is 32.2 Å². The average molecular weight is 278 g/mol. The Kier molecular flexibility index (Phi) is 4.23. The van der Waals surface area contributed by atoms with Crippen LogP contribution in [0, 0.1) is 5.92 Å². The van der Waals surface area contributed by atoms with Gasteiger partial charge in [0.1, 0.15) is 17.2 Å². The summed E-state index contributed by atoms with van der Waals surface area (Å²) in [7, 11) is 0. The van der Waals surface area contributed by atoms with Gasteiger partial charge in [0.2, 0.25) is 0 Å². The molecule has 1 aromatic heterocycles. The van der Waals surface area contributed by atoms with Crippen LogP contribution in [0.1, 0.15) is 25.7 Å². The van der Waals surface area contributed by atoms with Crippen molar-refractivity contribution >= 4 is 17.6 Å². The minimum atomic E-state index is 0.707. The van der Waals surface area contributed by atoms with E-state index in [9.17, 15) is 0 Å². The molecular formula is C14H22N4S. The van der Waals surface area contributed by atoms with E-state index in [1.54, 1.807) is 18.1 Å². The van der Waals surface area contributed by atoms with E-state index in [0.29, 0.717) is 6.04 Å². The second kappa shape index (κ2) is 6.09. The van der Waals surface area contributed by atoms with Gasteiger partial charge < -0.3 is 10.2 Å². The fourth-order valence-electron chi connectivity index (χ4n) is 2.58. The summed E-state index contributed by atoms with van der Waals surface area (Å²) in [5.41, 5.74) is 0. The second-order valence-corrected chi connectivity index (χ2v) is 6.36. The third-order valence-corrected chi connectivity index (χ3v) is 4.69. The molecule has 2 fully saturated rings. The van der Waals surface area contributed by atoms with Crippen LogP contribution in [0.5, 0.6) is 0 Å². The molecule has 2 heterocycles. The molecule has 0 atom stereocenters. The lowest BCUT2D eigenvalue weighted by atomic mass is 10.0. The van der Waals surface area contributed by atoms with Crippen LogP contribution in [-0.4, -0.2) is 41.9 Å². The van der Waals surface area contributed by atoms with Crippen LogP contribution in [0.4, 0.5) is 5.82 Å². The first kappa shape index (κ1) is 13.2. The van der Waals surface area contributed by atoms with Crippen molar-refractivity contribution in [2.24, 2.45) is 5.92 Å². The maximum Gasteiger partial charge on any atom is 0.133 e. The molecule has 104 valence electrons. The number of aromatic nitrogens is 2. The molecule has 5 heteroatoms. The van der Waals surface area contributed by atoms with Crippen LogP contribution >= 0.6 is 11.8 Å². The summed E-state index contributed by atoms with van der Waals surface area (Å²) in [5, 5.41) is 4.77. The van der Waals surface area contributed by atoms with Gasteiger partial charge in [-0.15, -0.1) is 11.8 Å². The number of nitrogens with one attached hydrogen (secondary N) is 1. The van der Waals surface area contributed by atoms with Crippen molar-refractivity contribution < 1.29 is 0 Å². The van der Waals surface area contributed by atoms with Crippen LogP contribution in [0.2, 0.25) is 0 Å². The minimum Gasteiger partial charge on any atom is -0.356 e. The van der Waals surface area contributed by atoms with Crippen LogP contribution in [0.25, 0.3) is 0 Å². The fraction of sp³-hybridized carbons (Fsp3) is 0.714. The largest absolute Gasteiger partial charge is 0.356 e. The molecule has 19 heavy (non-hydrogen) atoms. The van der Waals surface area contributed by atoms with Crippen molar-refractivity contribution in [2.45, 2.75) is 36.8 Å². The van der Waals surface area contributed by atoms with Crippen molar-refractivity contribution in [1.29, 1.82) is 0 Å². The van der Waals surface area contributed by atoms with E-state index < -0.39 is 0 Å². The van der Waals surface area contributed by atoms with Crippen molar-refractivity contribution in [3.63, 3.8) is 0 Å². The van der Waals surface area contributed by atoms with Gasteiger partial charge in [-0.3, -0.25) is 0 Å². The van der Waals surface area contributed by atoms with E-state index >= 15 is 0 Å². The number of hydrogen-bond acceptors (Lipinski definition) is 5. The summed E-state index contributed by atoms with van der Waals surface area (Å²) < 4.78 is 0. The van der Waals surface area contributed by atoms with Gasteiger partial charge in [0.15, 0.2) is 0 Å². The molecule has 4 nitrogen and oxygen atoms in total. The van der Waals surface area contributed by atoms with E-state index in [4.69, 9.17) is 0 Å². The van der Waals surface area contributed by atoms with Gasteiger partial charge in [-0.05, 0) is 44.4 Å². The van der Waals surface area contributed by atoms with Gasteiger partial charge >= 0.3 is 0 Å². The minimum absolute atomic E-state index is 0.707. The highest BCUT2D eigenvalue weighted by Gasteiger charge is 2.24. The van der Waals surface area contributed by atoms with Crippen LogP contribution in [0.15, 0.2) is 17.4 Å². The van der Waals surface area contributed by atoms with Crippen molar-refractivity contribution in [3.05, 3.63) is 12.4 Å². The van der Waals surface area contributed by atoms with Crippen LogP contribution in [-0.2, 0) is 0 Å². The molecule has 1 saturated heterocycles. The molecule has 2 aliphatic rings. The van der Waals surface area contributed by atoms with Gasteiger partial charge in [-0.25, -0.2) is 9.97 Å². The monoisotopic (exact) mass is 278 g/mol. The van der Waals surface area contributed by atoms with Gasteiger partial charge in [-0.1, -0.05) is 0 Å². The molecule has 0 spiro atoms. The molecule has 1 saturated carbocycles. The lowest BCUT2D eigenvalue weighted by molar-refractivity contribution is 0.407. The first-order valence-electron chi connectivity index (χ1n) is 7.19. The third-order valence-electron chi connectivity index (χ3n) is 4.05. The van der Waals surface area contributed by atoms with Crippen molar-refractivity contribution in [2.75, 3.05) is 30.8 Å². The molecule has 3 rings (SSSR count). The molecule has 1 N–H and O–H groups in total. The predicted molar refractivity (Wildman–Crippen MR) is 79.8 cm³/mol. The number of thioether (sulfide) groups is 1. The van der Waals surface area contributed by atoms with Crippen LogP contribution in [0.3, 0.4) is 0 Å². The zero-order valence-electron chi connectivity index (χ0n) is 11.5. The summed E-state index contributed by atoms with van der Waals surface area (Å²) in [6, 6.07) is 2.81. The van der Waals surface area contributed by atoms with E-state index in [0.717, 1.165) is 29.9 Å². The average Bonchev–Trinajstić information content (AvgIpc) is 3.30. The Balaban J connectivity index is 1.50. The number of piperidine rings is 1. The quantitative estimate of drug-likeness (QED) is 0.660. The second-order valence-electron chi connectivity index (χ2n) is 5.53. The maximum absolute atomic E-state index is 4.40. The number of rotatable bonds is 5. The zero-order valence-corrected chi connectivity index (χ0v) is 12.3. The van der Waals surface area contributed by atoms with E-state index in [2.05, 4.69) is 32.5 Å². The van der Waals surface area contributed by atoms with E-state index in [1.807, 2.05) is 0 Å². The summed E-state index contributed by atoms with van der Waals surface area (Å²) >= 11 is 1.68. The Morgan fingerprint density at radius 2 is 2.05 bits per heavy atom. The Morgan fingerprint density at radius 1 is 1.26 bits per heavy atom. The first-order valence-corrected chi connectivity index (χ1v) is 8.42. The third kappa shape index (κ3) is 3.60. The Bertz CT molecular complexity index is 414. The molecule has 1 aromatic rings. The number of anilines is 1. The Hall–Kier alpha value is -0.810. The fourth-order valence-corrected chi connectivity index (χ4v) is 2.96. The first-order chi connectivity index (χ1) is 9.35. The molecular weight excluding hydrogens is 256 g/mol. The van der Waals surface area contributed by atoms with Gasteiger partial charge in [0, 0.05) is 25.2 Å². The highest BCUT2D eigenvalue weighted by molar-refractivity contribution is 7.98. The van der Waals surface area contributed by atoms with Crippen LogP contribution < -0.4 is 10.2 Å². The Labute approximate surface area is 119 Å². The normalized spacial score (nSPS) is 20.8. The number of nitrogens with zero attached hydrogens (tertiary/aromatic N) is 3. The van der Waals surface area contributed by atoms with Crippen molar-refractivity contribution in [1.82, 2.24) is 15.3 Å². The molecule has 0 aromatic carbocycles. The van der Waals surface area contributed by atoms with Crippen molar-refractivity contribution in [3.8, 4) is 0 Å². The van der Waals surface area contributed by atoms with Gasteiger partial charge in [0.05, 0.1) is 0 Å². The molecule has 0 radical (unpaired) electrons. The Morgan fingerprint density at radius 3 is 2.74 bits per heavy atom. The topological polar surface area (TPSA) is 41.0 Å². The molecule has 0 unspecified atom stereocenters. The molecule has 0 amide bonds. The summed E-state index contributed by atoms with van der Waals surface area (Å²) in [6.07, 6.45) is 9.06. The highest BCUT2D eigenvalue weighted by atomic mass is 32.2. The lowest BCUT2D eigenvalue weighted by Gasteiger charge is -2.33. The lowest BCUT2D eigenvalue weighted by Crippen LogP contribution is -2.43.